The van der Waals surface area contributed by atoms with Crippen LogP contribution in [-0.4, -0.2) is 51.6 Å². The Labute approximate surface area is 258 Å². The molecule has 0 aromatic heterocycles. The standard InChI is InChI=1S/C26H36F17I/c1-2-3-4-5-6-7-8-9-10-11-12-13-14-15-16-18(44)17-19(27,28)20(29,30)21(31,32)22(33,34)23(35,36)24(37,38)25(39,40)26(41,42)43/h18H,2-17H2,1H3. The van der Waals surface area contributed by atoms with Crippen molar-refractivity contribution in [3.63, 3.8) is 0 Å². The number of hydrogen-bond acceptors (Lipinski definition) is 0. The van der Waals surface area contributed by atoms with Crippen LogP contribution in [0.1, 0.15) is 110 Å². The van der Waals surface area contributed by atoms with E-state index in [-0.39, 0.29) is 12.8 Å². The highest BCUT2D eigenvalue weighted by atomic mass is 127. The van der Waals surface area contributed by atoms with E-state index in [1.54, 1.807) is 0 Å². The molecule has 1 unspecified atom stereocenters. The first-order valence-electron chi connectivity index (χ1n) is 14.1. The number of hydrogen-bond donors (Lipinski definition) is 0. The van der Waals surface area contributed by atoms with Crippen LogP contribution in [0, 0.1) is 0 Å². The second-order valence-electron chi connectivity index (χ2n) is 10.8. The van der Waals surface area contributed by atoms with E-state index in [0.29, 0.717) is 12.8 Å². The Morgan fingerprint density at radius 1 is 0.386 bits per heavy atom. The van der Waals surface area contributed by atoms with Crippen LogP contribution in [0.2, 0.25) is 0 Å². The molecule has 0 aliphatic heterocycles. The minimum Gasteiger partial charge on any atom is -0.200 e. The van der Waals surface area contributed by atoms with Crippen molar-refractivity contribution in [1.82, 2.24) is 0 Å². The molecule has 1 atom stereocenters. The van der Waals surface area contributed by atoms with Gasteiger partial charge in [0.2, 0.25) is 0 Å². The Hall–Kier alpha value is -0.460. The zero-order chi connectivity index (χ0) is 34.9. The van der Waals surface area contributed by atoms with Gasteiger partial charge >= 0.3 is 47.6 Å². The minimum atomic E-state index is -8.58. The molecular formula is C26H36F17I. The summed E-state index contributed by atoms with van der Waals surface area (Å²) in [4.78, 5) is 0. The number of rotatable bonds is 23. The molecule has 18 heteroatoms. The van der Waals surface area contributed by atoms with Crippen molar-refractivity contribution in [3.8, 4) is 0 Å². The molecule has 0 saturated carbocycles. The average molecular weight is 798 g/mol. The van der Waals surface area contributed by atoms with Crippen molar-refractivity contribution >= 4 is 22.6 Å². The predicted octanol–water partition coefficient (Wildman–Crippen LogP) is 13.1. The number of alkyl halides is 18. The smallest absolute Gasteiger partial charge is 0.200 e. The van der Waals surface area contributed by atoms with Crippen molar-refractivity contribution in [1.29, 1.82) is 0 Å². The average Bonchev–Trinajstić information content (AvgIpc) is 2.87. The molecule has 266 valence electrons. The van der Waals surface area contributed by atoms with Crippen LogP contribution in [0.25, 0.3) is 0 Å². The fraction of sp³-hybridized carbons (Fsp3) is 1.00. The number of halogens is 18. The van der Waals surface area contributed by atoms with Gasteiger partial charge in [-0.3, -0.25) is 0 Å². The maximum absolute atomic E-state index is 14.1. The van der Waals surface area contributed by atoms with Gasteiger partial charge < -0.3 is 0 Å². The highest BCUT2D eigenvalue weighted by Crippen LogP contribution is 2.64. The van der Waals surface area contributed by atoms with Crippen LogP contribution in [-0.2, 0) is 0 Å². The van der Waals surface area contributed by atoms with E-state index in [1.807, 2.05) is 0 Å². The lowest BCUT2D eigenvalue weighted by molar-refractivity contribution is -0.461. The topological polar surface area (TPSA) is 0 Å². The zero-order valence-corrected chi connectivity index (χ0v) is 25.9. The van der Waals surface area contributed by atoms with Crippen LogP contribution in [0.3, 0.4) is 0 Å². The molecule has 0 aromatic carbocycles. The summed E-state index contributed by atoms with van der Waals surface area (Å²) in [5.74, 6) is -55.8. The second kappa shape index (κ2) is 16.6. The van der Waals surface area contributed by atoms with Gasteiger partial charge in [-0.15, -0.1) is 0 Å². The van der Waals surface area contributed by atoms with Gasteiger partial charge in [0.25, 0.3) is 0 Å². The summed E-state index contributed by atoms with van der Waals surface area (Å²) < 4.78 is 226. The first-order chi connectivity index (χ1) is 19.7. The summed E-state index contributed by atoms with van der Waals surface area (Å²) in [5, 5.41) is 0. The molecule has 44 heavy (non-hydrogen) atoms. The molecule has 0 heterocycles. The SMILES string of the molecule is CCCCCCCCCCCCCCCCC(I)CC(F)(F)C(F)(F)C(F)(F)C(F)(F)C(F)(F)C(F)(F)C(F)(F)C(F)(F)F. The zero-order valence-electron chi connectivity index (χ0n) is 23.7. The molecule has 0 nitrogen and oxygen atoms in total. The second-order valence-corrected chi connectivity index (χ2v) is 12.6. The van der Waals surface area contributed by atoms with Crippen molar-refractivity contribution < 1.29 is 74.6 Å². The molecule has 0 aliphatic carbocycles. The Morgan fingerprint density at radius 2 is 0.659 bits per heavy atom. The summed E-state index contributed by atoms with van der Waals surface area (Å²) in [7, 11) is 0. The van der Waals surface area contributed by atoms with Crippen LogP contribution >= 0.6 is 22.6 Å². The molecule has 0 spiro atoms. The molecule has 0 rings (SSSR count). The molecule has 0 fully saturated rings. The summed E-state index contributed by atoms with van der Waals surface area (Å²) >= 11 is 1.06. The van der Waals surface area contributed by atoms with Crippen LogP contribution < -0.4 is 0 Å². The number of unbranched alkanes of at least 4 members (excludes halogenated alkanes) is 13. The first-order valence-corrected chi connectivity index (χ1v) is 15.3. The lowest BCUT2D eigenvalue weighted by Gasteiger charge is -2.43. The van der Waals surface area contributed by atoms with E-state index in [4.69, 9.17) is 0 Å². The van der Waals surface area contributed by atoms with Gasteiger partial charge in [-0.1, -0.05) is 119 Å². The third kappa shape index (κ3) is 9.78. The van der Waals surface area contributed by atoms with E-state index in [0.717, 1.165) is 74.0 Å². The minimum absolute atomic E-state index is 0.0798. The molecule has 0 saturated heterocycles. The van der Waals surface area contributed by atoms with E-state index >= 15 is 0 Å². The van der Waals surface area contributed by atoms with Gasteiger partial charge in [0, 0.05) is 10.3 Å². The molecule has 0 bridgehead atoms. The fourth-order valence-electron chi connectivity index (χ4n) is 4.27. The van der Waals surface area contributed by atoms with E-state index in [2.05, 4.69) is 6.92 Å². The van der Waals surface area contributed by atoms with Crippen molar-refractivity contribution in [2.24, 2.45) is 0 Å². The maximum atomic E-state index is 14.1. The van der Waals surface area contributed by atoms with Gasteiger partial charge in [0.1, 0.15) is 0 Å². The van der Waals surface area contributed by atoms with Crippen LogP contribution in [0.4, 0.5) is 74.6 Å². The summed E-state index contributed by atoms with van der Waals surface area (Å²) in [6.07, 6.45) is 2.24. The first kappa shape index (κ1) is 43.5. The van der Waals surface area contributed by atoms with Gasteiger partial charge in [-0.05, 0) is 6.42 Å². The quantitative estimate of drug-likeness (QED) is 0.0418. The predicted molar refractivity (Wildman–Crippen MR) is 138 cm³/mol. The van der Waals surface area contributed by atoms with Crippen molar-refractivity contribution in [2.75, 3.05) is 0 Å². The summed E-state index contributed by atoms with van der Waals surface area (Å²) in [6.45, 7) is 2.12. The van der Waals surface area contributed by atoms with E-state index in [1.165, 1.54) is 19.3 Å². The Bertz CT molecular complexity index is 824. The molecular weight excluding hydrogens is 762 g/mol. The maximum Gasteiger partial charge on any atom is 0.460 e. The van der Waals surface area contributed by atoms with Crippen molar-refractivity contribution in [3.05, 3.63) is 0 Å². The van der Waals surface area contributed by atoms with Crippen LogP contribution in [0.15, 0.2) is 0 Å². The molecule has 0 N–H and O–H groups in total. The third-order valence-electron chi connectivity index (χ3n) is 7.14. The van der Waals surface area contributed by atoms with Gasteiger partial charge in [-0.2, -0.15) is 74.6 Å². The summed E-state index contributed by atoms with van der Waals surface area (Å²) in [6, 6.07) is 0. The Morgan fingerprint density at radius 3 is 0.977 bits per heavy atom. The highest BCUT2D eigenvalue weighted by Gasteiger charge is 2.95. The van der Waals surface area contributed by atoms with E-state index < -0.39 is 58.0 Å². The van der Waals surface area contributed by atoms with Crippen LogP contribution in [0.5, 0.6) is 0 Å². The molecule has 0 radical (unpaired) electrons. The highest BCUT2D eigenvalue weighted by molar-refractivity contribution is 14.1. The third-order valence-corrected chi connectivity index (χ3v) is 8.20. The van der Waals surface area contributed by atoms with Gasteiger partial charge in [0.05, 0.1) is 0 Å². The fourth-order valence-corrected chi connectivity index (χ4v) is 5.26. The normalized spacial score (nSPS) is 15.6. The van der Waals surface area contributed by atoms with E-state index in [9.17, 15) is 74.6 Å². The largest absolute Gasteiger partial charge is 0.460 e. The lowest BCUT2D eigenvalue weighted by atomic mass is 9.87. The monoisotopic (exact) mass is 798 g/mol. The lowest BCUT2D eigenvalue weighted by Crippen LogP contribution is -2.74. The molecule has 0 amide bonds. The Kier molecular flexibility index (Phi) is 16.4. The molecule has 0 aromatic rings. The Balaban J connectivity index is 5.09. The molecule has 0 aliphatic rings. The van der Waals surface area contributed by atoms with Gasteiger partial charge in [0.15, 0.2) is 0 Å². The summed E-state index contributed by atoms with van der Waals surface area (Å²) in [5.41, 5.74) is 0. The van der Waals surface area contributed by atoms with Gasteiger partial charge in [-0.25, -0.2) is 0 Å². The van der Waals surface area contributed by atoms with Crippen molar-refractivity contribution in [2.45, 2.75) is 161 Å².